The fraction of sp³-hybridized carbons (Fsp3) is 0.267. The van der Waals surface area contributed by atoms with E-state index in [0.717, 1.165) is 0 Å². The van der Waals surface area contributed by atoms with Crippen molar-refractivity contribution in [2.45, 2.75) is 20.4 Å². The van der Waals surface area contributed by atoms with Crippen LogP contribution in [-0.4, -0.2) is 18.2 Å². The van der Waals surface area contributed by atoms with Gasteiger partial charge in [0.15, 0.2) is 0 Å². The topological polar surface area (TPSA) is 58.6 Å². The van der Waals surface area contributed by atoms with Crippen LogP contribution in [0.2, 0.25) is 0 Å². The first-order chi connectivity index (χ1) is 9.51. The zero-order chi connectivity index (χ0) is 14.7. The summed E-state index contributed by atoms with van der Waals surface area (Å²) in [6.07, 6.45) is 0. The molecule has 0 aliphatic rings. The monoisotopic (exact) mass is 291 g/mol. The largest absolute Gasteiger partial charge is 0.497 e. The normalized spacial score (nSPS) is 10.3. The van der Waals surface area contributed by atoms with E-state index in [1.807, 2.05) is 0 Å². The first-order valence-corrected chi connectivity index (χ1v) is 7.04. The second-order valence-electron chi connectivity index (χ2n) is 4.52. The summed E-state index contributed by atoms with van der Waals surface area (Å²) in [6, 6.07) is 7.02. The highest BCUT2D eigenvalue weighted by molar-refractivity contribution is 7.12. The lowest BCUT2D eigenvalue weighted by Gasteiger charge is -2.10. The number of aromatic carboxylic acids is 1. The maximum atomic E-state index is 11.2. The quantitative estimate of drug-likeness (QED) is 0.882. The number of thiophene rings is 1. The Balaban J connectivity index is 2.20. The highest BCUT2D eigenvalue weighted by Crippen LogP contribution is 2.25. The van der Waals surface area contributed by atoms with Gasteiger partial charge in [-0.05, 0) is 37.6 Å². The average Bonchev–Trinajstić information content (AvgIpc) is 2.75. The summed E-state index contributed by atoms with van der Waals surface area (Å²) in [5.74, 6) is -0.315. The van der Waals surface area contributed by atoms with Crippen molar-refractivity contribution in [2.24, 2.45) is 0 Å². The number of ether oxygens (including phenoxy) is 1. The van der Waals surface area contributed by atoms with Crippen LogP contribution < -0.4 is 10.1 Å². The van der Waals surface area contributed by atoms with Gasteiger partial charge in [-0.1, -0.05) is 0 Å². The molecule has 2 aromatic rings. The van der Waals surface area contributed by atoms with Crippen molar-refractivity contribution in [3.8, 4) is 5.75 Å². The molecule has 0 atom stereocenters. The van der Waals surface area contributed by atoms with Gasteiger partial charge in [0.25, 0.3) is 0 Å². The van der Waals surface area contributed by atoms with E-state index in [2.05, 4.69) is 25.2 Å². The van der Waals surface area contributed by atoms with Gasteiger partial charge in [-0.3, -0.25) is 0 Å². The Hall–Kier alpha value is -2.01. The summed E-state index contributed by atoms with van der Waals surface area (Å²) < 4.78 is 5.13. The van der Waals surface area contributed by atoms with Gasteiger partial charge >= 0.3 is 5.97 Å². The summed E-state index contributed by atoms with van der Waals surface area (Å²) in [7, 11) is 1.56. The number of nitrogens with one attached hydrogen (secondary N) is 1. The Morgan fingerprint density at radius 2 is 2.10 bits per heavy atom. The molecule has 0 fully saturated rings. The molecule has 1 aromatic heterocycles. The van der Waals surface area contributed by atoms with Crippen molar-refractivity contribution in [1.29, 1.82) is 0 Å². The zero-order valence-electron chi connectivity index (χ0n) is 11.7. The maximum Gasteiger partial charge on any atom is 0.337 e. The highest BCUT2D eigenvalue weighted by atomic mass is 32.1. The molecule has 2 N–H and O–H groups in total. The minimum atomic E-state index is -0.950. The highest BCUT2D eigenvalue weighted by Gasteiger charge is 2.11. The number of rotatable bonds is 5. The molecule has 0 bridgehead atoms. The van der Waals surface area contributed by atoms with Crippen molar-refractivity contribution < 1.29 is 14.6 Å². The molecule has 4 nitrogen and oxygen atoms in total. The van der Waals surface area contributed by atoms with Crippen LogP contribution in [0.3, 0.4) is 0 Å². The molecule has 1 heterocycles. The number of aryl methyl sites for hydroxylation is 2. The SMILES string of the molecule is COc1ccc(C(=O)O)c(NCc2cc(C)c(C)s2)c1. The predicted octanol–water partition coefficient (Wildman–Crippen LogP) is 3.68. The van der Waals surface area contributed by atoms with E-state index in [-0.39, 0.29) is 5.56 Å². The number of benzene rings is 1. The third-order valence-electron chi connectivity index (χ3n) is 3.13. The summed E-state index contributed by atoms with van der Waals surface area (Å²) in [4.78, 5) is 13.7. The van der Waals surface area contributed by atoms with Gasteiger partial charge in [0.2, 0.25) is 0 Å². The molecule has 0 aliphatic heterocycles. The predicted molar refractivity (Wildman–Crippen MR) is 81.1 cm³/mol. The van der Waals surface area contributed by atoms with Gasteiger partial charge in [-0.2, -0.15) is 0 Å². The maximum absolute atomic E-state index is 11.2. The second kappa shape index (κ2) is 5.96. The molecule has 0 amide bonds. The van der Waals surface area contributed by atoms with Crippen LogP contribution in [0.1, 0.15) is 25.7 Å². The lowest BCUT2D eigenvalue weighted by Crippen LogP contribution is -2.06. The van der Waals surface area contributed by atoms with E-state index < -0.39 is 5.97 Å². The van der Waals surface area contributed by atoms with Crippen LogP contribution >= 0.6 is 11.3 Å². The van der Waals surface area contributed by atoms with E-state index in [4.69, 9.17) is 4.74 Å². The van der Waals surface area contributed by atoms with Crippen LogP contribution in [0.4, 0.5) is 5.69 Å². The van der Waals surface area contributed by atoms with E-state index in [1.165, 1.54) is 15.3 Å². The van der Waals surface area contributed by atoms with Crippen molar-refractivity contribution in [1.82, 2.24) is 0 Å². The van der Waals surface area contributed by atoms with Crippen molar-refractivity contribution in [3.05, 3.63) is 45.1 Å². The minimum Gasteiger partial charge on any atom is -0.497 e. The number of carbonyl (C=O) groups is 1. The lowest BCUT2D eigenvalue weighted by molar-refractivity contribution is 0.0698. The number of hydrogen-bond donors (Lipinski definition) is 2. The molecule has 20 heavy (non-hydrogen) atoms. The van der Waals surface area contributed by atoms with Gasteiger partial charge in [-0.25, -0.2) is 4.79 Å². The number of carboxylic acid groups (broad SMARTS) is 1. The first-order valence-electron chi connectivity index (χ1n) is 6.22. The molecule has 0 spiro atoms. The van der Waals surface area contributed by atoms with Gasteiger partial charge in [-0.15, -0.1) is 11.3 Å². The van der Waals surface area contributed by atoms with Crippen LogP contribution in [0.5, 0.6) is 5.75 Å². The number of carboxylic acids is 1. The van der Waals surface area contributed by atoms with Crippen LogP contribution in [-0.2, 0) is 6.54 Å². The standard InChI is InChI=1S/C15H17NO3S/c1-9-6-12(20-10(9)2)8-16-14-7-11(19-3)4-5-13(14)15(17)18/h4-7,16H,8H2,1-3H3,(H,17,18). The van der Waals surface area contributed by atoms with Crippen LogP contribution in [0.25, 0.3) is 0 Å². The second-order valence-corrected chi connectivity index (χ2v) is 5.86. The summed E-state index contributed by atoms with van der Waals surface area (Å²) in [6.45, 7) is 4.76. The molecule has 0 unspecified atom stereocenters. The van der Waals surface area contributed by atoms with E-state index in [0.29, 0.717) is 18.0 Å². The number of methoxy groups -OCH3 is 1. The lowest BCUT2D eigenvalue weighted by atomic mass is 10.1. The summed E-state index contributed by atoms with van der Waals surface area (Å²) in [5, 5.41) is 12.4. The fourth-order valence-electron chi connectivity index (χ4n) is 1.90. The molecule has 1 aromatic carbocycles. The van der Waals surface area contributed by atoms with E-state index in [1.54, 1.807) is 36.6 Å². The smallest absolute Gasteiger partial charge is 0.337 e. The van der Waals surface area contributed by atoms with E-state index in [9.17, 15) is 9.90 Å². The van der Waals surface area contributed by atoms with Crippen LogP contribution in [0, 0.1) is 13.8 Å². The summed E-state index contributed by atoms with van der Waals surface area (Å²) >= 11 is 1.72. The number of hydrogen-bond acceptors (Lipinski definition) is 4. The first kappa shape index (κ1) is 14.4. The van der Waals surface area contributed by atoms with E-state index >= 15 is 0 Å². The fourth-order valence-corrected chi connectivity index (χ4v) is 2.90. The Kier molecular flexibility index (Phi) is 4.29. The molecule has 2 rings (SSSR count). The molecule has 0 saturated carbocycles. The Bertz CT molecular complexity index is 615. The molecular formula is C15H17NO3S. The van der Waals surface area contributed by atoms with Crippen molar-refractivity contribution >= 4 is 23.0 Å². The molecule has 0 radical (unpaired) electrons. The van der Waals surface area contributed by atoms with Crippen LogP contribution in [0.15, 0.2) is 24.3 Å². The molecule has 0 saturated heterocycles. The number of anilines is 1. The third-order valence-corrected chi connectivity index (χ3v) is 4.28. The Morgan fingerprint density at radius 3 is 2.65 bits per heavy atom. The van der Waals surface area contributed by atoms with Gasteiger partial charge in [0.1, 0.15) is 5.75 Å². The molecular weight excluding hydrogens is 274 g/mol. The average molecular weight is 291 g/mol. The van der Waals surface area contributed by atoms with Gasteiger partial charge < -0.3 is 15.2 Å². The Labute approximate surface area is 122 Å². The van der Waals surface area contributed by atoms with Gasteiger partial charge in [0.05, 0.1) is 18.4 Å². The van der Waals surface area contributed by atoms with Gasteiger partial charge in [0, 0.05) is 22.4 Å². The van der Waals surface area contributed by atoms with Crippen molar-refractivity contribution in [2.75, 3.05) is 12.4 Å². The molecule has 106 valence electrons. The molecule has 5 heteroatoms. The zero-order valence-corrected chi connectivity index (χ0v) is 12.5. The third kappa shape index (κ3) is 3.11. The molecule has 0 aliphatic carbocycles. The van der Waals surface area contributed by atoms with Crippen molar-refractivity contribution in [3.63, 3.8) is 0 Å². The Morgan fingerprint density at radius 1 is 1.35 bits per heavy atom. The minimum absolute atomic E-state index is 0.246. The summed E-state index contributed by atoms with van der Waals surface area (Å²) in [5.41, 5.74) is 2.08.